The number of fused-ring (bicyclic) bond motifs is 1. The van der Waals surface area contributed by atoms with E-state index in [1.54, 1.807) is 24.3 Å². The van der Waals surface area contributed by atoms with Crippen molar-refractivity contribution in [3.05, 3.63) is 35.4 Å². The smallest absolute Gasteiger partial charge is 0.320 e. The highest BCUT2D eigenvalue weighted by Crippen LogP contribution is 2.21. The van der Waals surface area contributed by atoms with Crippen LogP contribution in [0, 0.1) is 0 Å². The van der Waals surface area contributed by atoms with Crippen LogP contribution in [-0.4, -0.2) is 46.9 Å². The van der Waals surface area contributed by atoms with Gasteiger partial charge in [-0.2, -0.15) is 0 Å². The van der Waals surface area contributed by atoms with Crippen molar-refractivity contribution < 1.29 is 19.5 Å². The summed E-state index contributed by atoms with van der Waals surface area (Å²) in [5.74, 6) is -1.56. The lowest BCUT2D eigenvalue weighted by molar-refractivity contribution is -0.139. The molecule has 1 atom stereocenters. The summed E-state index contributed by atoms with van der Waals surface area (Å²) in [5, 5.41) is 11.9. The van der Waals surface area contributed by atoms with Crippen LogP contribution in [0.3, 0.4) is 0 Å². The number of benzene rings is 1. The fourth-order valence-corrected chi connectivity index (χ4v) is 2.39. The van der Waals surface area contributed by atoms with E-state index in [1.165, 1.54) is 0 Å². The van der Waals surface area contributed by atoms with Crippen molar-refractivity contribution in [3.8, 4) is 0 Å². The molecule has 0 aliphatic carbocycles. The predicted octanol–water partition coefficient (Wildman–Crippen LogP) is 1.13. The second kappa shape index (κ2) is 6.49. The summed E-state index contributed by atoms with van der Waals surface area (Å²) in [5.41, 5.74) is 0.816. The van der Waals surface area contributed by atoms with E-state index in [1.807, 2.05) is 6.92 Å². The molecule has 112 valence electrons. The zero-order valence-corrected chi connectivity index (χ0v) is 11.8. The van der Waals surface area contributed by atoms with E-state index in [4.69, 9.17) is 5.11 Å². The summed E-state index contributed by atoms with van der Waals surface area (Å²) >= 11 is 0. The Morgan fingerprint density at radius 1 is 1.24 bits per heavy atom. The molecule has 1 heterocycles. The maximum Gasteiger partial charge on any atom is 0.320 e. The number of amides is 2. The van der Waals surface area contributed by atoms with E-state index in [0.717, 1.165) is 11.3 Å². The fourth-order valence-electron chi connectivity index (χ4n) is 2.39. The van der Waals surface area contributed by atoms with Crippen LogP contribution in [0.5, 0.6) is 0 Å². The molecule has 0 aromatic heterocycles. The third kappa shape index (κ3) is 3.11. The van der Waals surface area contributed by atoms with E-state index in [0.29, 0.717) is 17.5 Å². The average Bonchev–Trinajstić information content (AvgIpc) is 2.71. The quantitative estimate of drug-likeness (QED) is 0.735. The van der Waals surface area contributed by atoms with Gasteiger partial charge in [-0.15, -0.1) is 0 Å². The van der Waals surface area contributed by atoms with Crippen LogP contribution < -0.4 is 5.32 Å². The highest BCUT2D eigenvalue weighted by molar-refractivity contribution is 6.21. The summed E-state index contributed by atoms with van der Waals surface area (Å²) in [6.07, 6.45) is 1.26. The van der Waals surface area contributed by atoms with E-state index < -0.39 is 12.0 Å². The summed E-state index contributed by atoms with van der Waals surface area (Å²) in [4.78, 5) is 36.4. The summed E-state index contributed by atoms with van der Waals surface area (Å²) in [6, 6.07) is 6.03. The third-order valence-electron chi connectivity index (χ3n) is 3.48. The first-order valence-corrected chi connectivity index (χ1v) is 6.97. The first kappa shape index (κ1) is 15.2. The van der Waals surface area contributed by atoms with Crippen molar-refractivity contribution in [3.63, 3.8) is 0 Å². The van der Waals surface area contributed by atoms with E-state index in [2.05, 4.69) is 5.32 Å². The Morgan fingerprint density at radius 2 is 1.81 bits per heavy atom. The van der Waals surface area contributed by atoms with Gasteiger partial charge in [0, 0.05) is 13.1 Å². The topological polar surface area (TPSA) is 86.7 Å². The predicted molar refractivity (Wildman–Crippen MR) is 76.1 cm³/mol. The van der Waals surface area contributed by atoms with Crippen LogP contribution in [-0.2, 0) is 4.79 Å². The van der Waals surface area contributed by atoms with Gasteiger partial charge >= 0.3 is 5.97 Å². The molecule has 2 N–H and O–H groups in total. The van der Waals surface area contributed by atoms with Crippen molar-refractivity contribution in [1.29, 1.82) is 0 Å². The van der Waals surface area contributed by atoms with Crippen LogP contribution in [0.1, 0.15) is 40.5 Å². The Balaban J connectivity index is 1.95. The number of rotatable bonds is 7. The van der Waals surface area contributed by atoms with Crippen molar-refractivity contribution in [1.82, 2.24) is 10.2 Å². The van der Waals surface area contributed by atoms with Crippen LogP contribution in [0.15, 0.2) is 24.3 Å². The molecule has 6 nitrogen and oxygen atoms in total. The minimum Gasteiger partial charge on any atom is -0.480 e. The number of nitrogens with zero attached hydrogens (tertiary/aromatic N) is 1. The van der Waals surface area contributed by atoms with Gasteiger partial charge in [0.25, 0.3) is 11.8 Å². The third-order valence-corrected chi connectivity index (χ3v) is 3.48. The molecule has 1 aliphatic rings. The van der Waals surface area contributed by atoms with Gasteiger partial charge in [0.1, 0.15) is 6.04 Å². The number of carboxylic acid groups (broad SMARTS) is 1. The molecule has 6 heteroatoms. The zero-order valence-electron chi connectivity index (χ0n) is 11.8. The molecule has 1 unspecified atom stereocenters. The highest BCUT2D eigenvalue weighted by Gasteiger charge is 2.34. The van der Waals surface area contributed by atoms with Crippen molar-refractivity contribution in [2.45, 2.75) is 25.8 Å². The van der Waals surface area contributed by atoms with E-state index >= 15 is 0 Å². The Bertz CT molecular complexity index is 536. The molecular weight excluding hydrogens is 272 g/mol. The van der Waals surface area contributed by atoms with E-state index in [9.17, 15) is 14.4 Å². The second-order valence-electron chi connectivity index (χ2n) is 4.94. The standard InChI is InChI=1S/C15H18N2O4/c1-2-5-12(15(20)21)16-8-9-17-13(18)10-6-3-4-7-11(10)14(17)19/h3-4,6-7,12,16H,2,5,8-9H2,1H3,(H,20,21). The largest absolute Gasteiger partial charge is 0.480 e. The molecule has 0 bridgehead atoms. The number of hydrogen-bond acceptors (Lipinski definition) is 4. The number of carboxylic acids is 1. The lowest BCUT2D eigenvalue weighted by Crippen LogP contribution is -2.42. The minimum absolute atomic E-state index is 0.167. The lowest BCUT2D eigenvalue weighted by Gasteiger charge is -2.17. The van der Waals surface area contributed by atoms with Crippen molar-refractivity contribution in [2.75, 3.05) is 13.1 Å². The molecule has 1 aromatic rings. The lowest BCUT2D eigenvalue weighted by atomic mass is 10.1. The SMILES string of the molecule is CCCC(NCCN1C(=O)c2ccccc2C1=O)C(=O)O. The van der Waals surface area contributed by atoms with Gasteiger partial charge in [-0.25, -0.2) is 0 Å². The summed E-state index contributed by atoms with van der Waals surface area (Å²) in [6.45, 7) is 2.34. The monoisotopic (exact) mass is 290 g/mol. The zero-order chi connectivity index (χ0) is 15.4. The number of nitrogens with one attached hydrogen (secondary N) is 1. The maximum atomic E-state index is 12.1. The van der Waals surface area contributed by atoms with Gasteiger partial charge in [-0.05, 0) is 18.6 Å². The average molecular weight is 290 g/mol. The fraction of sp³-hybridized carbons (Fsp3) is 0.400. The van der Waals surface area contributed by atoms with E-state index in [-0.39, 0.29) is 24.9 Å². The van der Waals surface area contributed by atoms with Crippen LogP contribution >= 0.6 is 0 Å². The van der Waals surface area contributed by atoms with Gasteiger partial charge in [0.2, 0.25) is 0 Å². The first-order valence-electron chi connectivity index (χ1n) is 6.97. The number of carbonyl (C=O) groups is 3. The molecule has 0 saturated heterocycles. The van der Waals surface area contributed by atoms with Crippen LogP contribution in [0.25, 0.3) is 0 Å². The molecule has 0 spiro atoms. The van der Waals surface area contributed by atoms with Crippen LogP contribution in [0.2, 0.25) is 0 Å². The number of hydrogen-bond donors (Lipinski definition) is 2. The Labute approximate surface area is 122 Å². The molecule has 0 fully saturated rings. The normalized spacial score (nSPS) is 15.2. The Morgan fingerprint density at radius 3 is 2.29 bits per heavy atom. The molecule has 1 aromatic carbocycles. The highest BCUT2D eigenvalue weighted by atomic mass is 16.4. The van der Waals surface area contributed by atoms with Crippen molar-refractivity contribution in [2.24, 2.45) is 0 Å². The van der Waals surface area contributed by atoms with Gasteiger partial charge in [-0.3, -0.25) is 19.3 Å². The van der Waals surface area contributed by atoms with Crippen molar-refractivity contribution >= 4 is 17.8 Å². The molecule has 0 radical (unpaired) electrons. The molecular formula is C15H18N2O4. The molecule has 0 saturated carbocycles. The Kier molecular flexibility index (Phi) is 4.70. The second-order valence-corrected chi connectivity index (χ2v) is 4.94. The van der Waals surface area contributed by atoms with Gasteiger partial charge < -0.3 is 10.4 Å². The first-order chi connectivity index (χ1) is 10.1. The minimum atomic E-state index is -0.917. The maximum absolute atomic E-state index is 12.1. The summed E-state index contributed by atoms with van der Waals surface area (Å²) in [7, 11) is 0. The van der Waals surface area contributed by atoms with Gasteiger partial charge in [0.05, 0.1) is 11.1 Å². The van der Waals surface area contributed by atoms with Gasteiger partial charge in [0.15, 0.2) is 0 Å². The Hall–Kier alpha value is -2.21. The number of imide groups is 1. The van der Waals surface area contributed by atoms with Crippen LogP contribution in [0.4, 0.5) is 0 Å². The molecule has 2 rings (SSSR count). The molecule has 2 amide bonds. The number of carbonyl (C=O) groups excluding carboxylic acids is 2. The summed E-state index contributed by atoms with van der Waals surface area (Å²) < 4.78 is 0. The van der Waals surface area contributed by atoms with Gasteiger partial charge in [-0.1, -0.05) is 25.5 Å². The number of aliphatic carboxylic acids is 1. The molecule has 1 aliphatic heterocycles. The molecule has 21 heavy (non-hydrogen) atoms.